The quantitative estimate of drug-likeness (QED) is 0.0169. The fraction of sp³-hybridized carbons (Fsp3) is 0.896. The Morgan fingerprint density at radius 1 is 0.323 bits per heavy atom. The van der Waals surface area contributed by atoms with Crippen LogP contribution in [0.25, 0.3) is 0 Å². The average molecular weight is 1410 g/mol. The van der Waals surface area contributed by atoms with Crippen LogP contribution in [0.15, 0.2) is 24.3 Å². The normalized spacial score (nSPS) is 14.2. The van der Waals surface area contributed by atoms with Crippen LogP contribution in [0.4, 0.5) is 0 Å². The highest BCUT2D eigenvalue weighted by molar-refractivity contribution is 7.47. The summed E-state index contributed by atoms with van der Waals surface area (Å²) in [4.78, 5) is 72.8. The van der Waals surface area contributed by atoms with Crippen molar-refractivity contribution in [3.8, 4) is 0 Å². The molecule has 17 nitrogen and oxygen atoms in total. The van der Waals surface area contributed by atoms with Gasteiger partial charge in [-0.1, -0.05) is 323 Å². The van der Waals surface area contributed by atoms with Gasteiger partial charge >= 0.3 is 39.5 Å². The van der Waals surface area contributed by atoms with Crippen LogP contribution in [0.3, 0.4) is 0 Å². The van der Waals surface area contributed by atoms with Crippen molar-refractivity contribution in [2.24, 2.45) is 11.8 Å². The number of phosphoric acid groups is 2. The van der Waals surface area contributed by atoms with E-state index in [1.165, 1.54) is 173 Å². The molecular weight excluding hydrogens is 1260 g/mol. The van der Waals surface area contributed by atoms with E-state index < -0.39 is 97.5 Å². The maximum Gasteiger partial charge on any atom is 0.472 e. The number of rotatable bonds is 74. The van der Waals surface area contributed by atoms with Crippen LogP contribution in [0.1, 0.15) is 375 Å². The lowest BCUT2D eigenvalue weighted by molar-refractivity contribution is -0.161. The van der Waals surface area contributed by atoms with Gasteiger partial charge in [0.1, 0.15) is 19.3 Å². The third kappa shape index (κ3) is 70.0. The molecule has 0 aromatic heterocycles. The Bertz CT molecular complexity index is 1950. The molecule has 0 aromatic rings. The first-order valence-corrected chi connectivity index (χ1v) is 42.3. The van der Waals surface area contributed by atoms with E-state index in [1.807, 2.05) is 0 Å². The van der Waals surface area contributed by atoms with Gasteiger partial charge in [0.05, 0.1) is 26.4 Å². The number of unbranched alkanes of at least 4 members (excludes halogenated alkanes) is 41. The fourth-order valence-electron chi connectivity index (χ4n) is 11.3. The molecule has 0 rings (SSSR count). The molecule has 0 bridgehead atoms. The summed E-state index contributed by atoms with van der Waals surface area (Å²) in [5.74, 6) is -0.584. The standard InChI is InChI=1S/C77H146O17P2/c1-7-9-11-13-15-17-19-20-21-24-30-36-42-48-54-60-75(80)88-66-73(94-76(81)61-55-49-43-37-31-25-22-23-28-33-39-45-51-57-69(3)4)68-92-96(85,86)90-64-71(78)63-89-95(83,84)91-67-72(65-87-74(79)59-53-47-41-35-18-16-14-12-10-8-2)93-77(82)62-56-50-44-38-32-27-26-29-34-40-46-52-58-70(5)6/h17,19-21,69-73,78H,7-16,18,22-68H2,1-6H3,(H,83,84)(H,85,86)/b19-17-,21-20-/t71-,72+,73+/m0/s1. The molecule has 5 atom stereocenters. The molecule has 0 aromatic carbocycles. The van der Waals surface area contributed by atoms with Crippen molar-refractivity contribution >= 4 is 39.5 Å². The van der Waals surface area contributed by atoms with Gasteiger partial charge in [-0.2, -0.15) is 0 Å². The Morgan fingerprint density at radius 2 is 0.562 bits per heavy atom. The van der Waals surface area contributed by atoms with Gasteiger partial charge in [-0.05, 0) is 63.2 Å². The molecule has 0 saturated carbocycles. The maximum absolute atomic E-state index is 13.1. The van der Waals surface area contributed by atoms with Crippen LogP contribution >= 0.6 is 15.6 Å². The van der Waals surface area contributed by atoms with Crippen LogP contribution in [0.2, 0.25) is 0 Å². The molecule has 0 aliphatic rings. The minimum absolute atomic E-state index is 0.100. The lowest BCUT2D eigenvalue weighted by Gasteiger charge is -2.21. The molecule has 0 radical (unpaired) electrons. The van der Waals surface area contributed by atoms with Gasteiger partial charge in [0.15, 0.2) is 12.2 Å². The molecule has 0 spiro atoms. The lowest BCUT2D eigenvalue weighted by Crippen LogP contribution is -2.30. The highest BCUT2D eigenvalue weighted by Gasteiger charge is 2.30. The average Bonchev–Trinajstić information content (AvgIpc) is 2.27. The van der Waals surface area contributed by atoms with Crippen molar-refractivity contribution < 1.29 is 80.2 Å². The number of aliphatic hydroxyl groups is 1. The first-order chi connectivity index (χ1) is 46.4. The minimum Gasteiger partial charge on any atom is -0.462 e. The van der Waals surface area contributed by atoms with E-state index in [4.69, 9.17) is 37.0 Å². The van der Waals surface area contributed by atoms with Gasteiger partial charge in [-0.25, -0.2) is 9.13 Å². The van der Waals surface area contributed by atoms with E-state index in [1.54, 1.807) is 0 Å². The molecule has 3 N–H and O–H groups in total. The molecular formula is C77H146O17P2. The predicted molar refractivity (Wildman–Crippen MR) is 391 cm³/mol. The third-order valence-electron chi connectivity index (χ3n) is 17.3. The number of allylic oxidation sites excluding steroid dienone is 4. The van der Waals surface area contributed by atoms with Gasteiger partial charge in [0.2, 0.25) is 0 Å². The maximum atomic E-state index is 13.1. The molecule has 0 aliphatic heterocycles. The number of carbonyl (C=O) groups excluding carboxylic acids is 4. The summed E-state index contributed by atoms with van der Waals surface area (Å²) < 4.78 is 68.5. The van der Waals surface area contributed by atoms with Gasteiger partial charge in [0.25, 0.3) is 0 Å². The van der Waals surface area contributed by atoms with E-state index in [9.17, 15) is 43.2 Å². The minimum atomic E-state index is -4.97. The molecule has 0 fully saturated rings. The zero-order valence-corrected chi connectivity index (χ0v) is 63.9. The second kappa shape index (κ2) is 68.3. The monoisotopic (exact) mass is 1410 g/mol. The Balaban J connectivity index is 5.29. The van der Waals surface area contributed by atoms with Crippen molar-refractivity contribution in [3.63, 3.8) is 0 Å². The second-order valence-corrected chi connectivity index (χ2v) is 30.9. The number of aliphatic hydroxyl groups excluding tert-OH is 1. The van der Waals surface area contributed by atoms with Crippen molar-refractivity contribution in [3.05, 3.63) is 24.3 Å². The van der Waals surface area contributed by atoms with E-state index >= 15 is 0 Å². The van der Waals surface area contributed by atoms with Crippen molar-refractivity contribution in [2.45, 2.75) is 394 Å². The summed E-state index contributed by atoms with van der Waals surface area (Å²) in [6.07, 6.45) is 58.9. The summed E-state index contributed by atoms with van der Waals surface area (Å²) in [7, 11) is -9.92. The molecule has 0 amide bonds. The van der Waals surface area contributed by atoms with Crippen molar-refractivity contribution in [1.29, 1.82) is 0 Å². The SMILES string of the molecule is CCCCCC/C=C\C=C/CCCCCCCC(=O)OC[C@H](COP(=O)(O)OC[C@@H](O)COP(=O)(O)OC[C@@H](COC(=O)CCCCCCCCCCCC)OC(=O)CCCCCCCCCCCCCCC(C)C)OC(=O)CCCCCCCCCCCCCCCC(C)C. The number of esters is 4. The Hall–Kier alpha value is -2.46. The number of carbonyl (C=O) groups is 4. The van der Waals surface area contributed by atoms with Gasteiger partial charge in [-0.3, -0.25) is 37.3 Å². The highest BCUT2D eigenvalue weighted by Crippen LogP contribution is 2.45. The molecule has 19 heteroatoms. The zero-order valence-electron chi connectivity index (χ0n) is 62.2. The third-order valence-corrected chi connectivity index (χ3v) is 19.2. The van der Waals surface area contributed by atoms with Gasteiger partial charge in [-0.15, -0.1) is 0 Å². The number of hydrogen-bond donors (Lipinski definition) is 3. The van der Waals surface area contributed by atoms with Crippen molar-refractivity contribution in [2.75, 3.05) is 39.6 Å². The first-order valence-electron chi connectivity index (χ1n) is 39.3. The van der Waals surface area contributed by atoms with E-state index in [0.717, 1.165) is 121 Å². The summed E-state index contributed by atoms with van der Waals surface area (Å²) in [5, 5.41) is 10.6. The second-order valence-electron chi connectivity index (χ2n) is 28.0. The predicted octanol–water partition coefficient (Wildman–Crippen LogP) is 22.3. The molecule has 0 saturated heterocycles. The lowest BCUT2D eigenvalue weighted by atomic mass is 10.0. The number of ether oxygens (including phenoxy) is 4. The summed E-state index contributed by atoms with van der Waals surface area (Å²) >= 11 is 0. The molecule has 0 heterocycles. The smallest absolute Gasteiger partial charge is 0.462 e. The van der Waals surface area contributed by atoms with Crippen LogP contribution in [-0.4, -0.2) is 96.7 Å². The van der Waals surface area contributed by atoms with E-state index in [0.29, 0.717) is 25.7 Å². The first kappa shape index (κ1) is 93.5. The van der Waals surface area contributed by atoms with Crippen molar-refractivity contribution in [1.82, 2.24) is 0 Å². The largest absolute Gasteiger partial charge is 0.472 e. The molecule has 566 valence electrons. The van der Waals surface area contributed by atoms with E-state index in [-0.39, 0.29) is 25.7 Å². The number of phosphoric ester groups is 2. The van der Waals surface area contributed by atoms with Crippen LogP contribution < -0.4 is 0 Å². The van der Waals surface area contributed by atoms with Crippen LogP contribution in [-0.2, 0) is 65.4 Å². The van der Waals surface area contributed by atoms with Crippen LogP contribution in [0, 0.1) is 11.8 Å². The number of hydrogen-bond acceptors (Lipinski definition) is 15. The summed E-state index contributed by atoms with van der Waals surface area (Å²) in [6.45, 7) is 9.55. The van der Waals surface area contributed by atoms with E-state index in [2.05, 4.69) is 65.8 Å². The summed E-state index contributed by atoms with van der Waals surface area (Å²) in [6, 6.07) is 0. The topological polar surface area (TPSA) is 237 Å². The highest BCUT2D eigenvalue weighted by atomic mass is 31.2. The molecule has 0 aliphatic carbocycles. The van der Waals surface area contributed by atoms with Crippen LogP contribution in [0.5, 0.6) is 0 Å². The van der Waals surface area contributed by atoms with Gasteiger partial charge < -0.3 is 33.8 Å². The Kier molecular flexibility index (Phi) is 66.6. The van der Waals surface area contributed by atoms with Gasteiger partial charge in [0, 0.05) is 25.7 Å². The Labute approximate surface area is 586 Å². The zero-order chi connectivity index (χ0) is 70.7. The summed E-state index contributed by atoms with van der Waals surface area (Å²) in [5.41, 5.74) is 0. The fourth-order valence-corrected chi connectivity index (χ4v) is 12.9. The molecule has 2 unspecified atom stereocenters. The molecule has 96 heavy (non-hydrogen) atoms. The Morgan fingerprint density at radius 3 is 0.854 bits per heavy atom.